The molecule has 0 bridgehead atoms. The lowest BCUT2D eigenvalue weighted by Gasteiger charge is -2.08. The standard InChI is InChI=1S/C13H17N/c1-3-7-12-13(2,14-12)10-11-8-5-4-6-9-11/h4-6,8-9H,3,7,10H2,1-2H3. The highest BCUT2D eigenvalue weighted by atomic mass is 15.0. The topological polar surface area (TPSA) is 12.4 Å². The Morgan fingerprint density at radius 1 is 1.21 bits per heavy atom. The average molecular weight is 187 g/mol. The van der Waals surface area contributed by atoms with Gasteiger partial charge in [-0.1, -0.05) is 43.7 Å². The molecule has 14 heavy (non-hydrogen) atoms. The molecule has 0 amide bonds. The molecule has 1 aromatic carbocycles. The first-order valence-electron chi connectivity index (χ1n) is 5.38. The third-order valence-corrected chi connectivity index (χ3v) is 2.83. The van der Waals surface area contributed by atoms with Gasteiger partial charge in [-0.15, -0.1) is 0 Å². The number of hydrogen-bond acceptors (Lipinski definition) is 1. The van der Waals surface area contributed by atoms with Gasteiger partial charge in [0.2, 0.25) is 0 Å². The first-order chi connectivity index (χ1) is 6.74. The second-order valence-electron chi connectivity index (χ2n) is 4.24. The summed E-state index contributed by atoms with van der Waals surface area (Å²) in [6, 6.07) is 10.6. The van der Waals surface area contributed by atoms with Gasteiger partial charge in [-0.05, 0) is 18.9 Å². The van der Waals surface area contributed by atoms with Gasteiger partial charge in [0.25, 0.3) is 0 Å². The van der Waals surface area contributed by atoms with Crippen LogP contribution in [0.25, 0.3) is 0 Å². The monoisotopic (exact) mass is 187 g/mol. The molecule has 0 aromatic heterocycles. The highest BCUT2D eigenvalue weighted by molar-refractivity contribution is 6.05. The van der Waals surface area contributed by atoms with Crippen LogP contribution in [0.15, 0.2) is 35.3 Å². The minimum absolute atomic E-state index is 0.164. The lowest BCUT2D eigenvalue weighted by Crippen LogP contribution is -2.17. The maximum atomic E-state index is 4.59. The summed E-state index contributed by atoms with van der Waals surface area (Å²) in [7, 11) is 0. The fourth-order valence-corrected chi connectivity index (χ4v) is 1.97. The van der Waals surface area contributed by atoms with Crippen LogP contribution >= 0.6 is 0 Å². The van der Waals surface area contributed by atoms with Gasteiger partial charge in [0.05, 0.1) is 5.54 Å². The average Bonchev–Trinajstić information content (AvgIpc) is 2.78. The number of aliphatic imine (C=N–C) groups is 1. The van der Waals surface area contributed by atoms with E-state index in [0.29, 0.717) is 0 Å². The summed E-state index contributed by atoms with van der Waals surface area (Å²) in [6.45, 7) is 4.45. The van der Waals surface area contributed by atoms with E-state index < -0.39 is 0 Å². The number of hydrogen-bond donors (Lipinski definition) is 0. The molecule has 1 heteroatoms. The van der Waals surface area contributed by atoms with Crippen molar-refractivity contribution in [1.29, 1.82) is 0 Å². The van der Waals surface area contributed by atoms with Gasteiger partial charge in [0, 0.05) is 12.1 Å². The Morgan fingerprint density at radius 3 is 2.57 bits per heavy atom. The molecule has 1 atom stereocenters. The third-order valence-electron chi connectivity index (χ3n) is 2.83. The van der Waals surface area contributed by atoms with Crippen molar-refractivity contribution in [2.45, 2.75) is 38.6 Å². The predicted molar refractivity (Wildman–Crippen MR) is 60.9 cm³/mol. The summed E-state index contributed by atoms with van der Waals surface area (Å²) in [4.78, 5) is 4.59. The molecule has 1 heterocycles. The quantitative estimate of drug-likeness (QED) is 0.686. The fourth-order valence-electron chi connectivity index (χ4n) is 1.97. The Balaban J connectivity index is 1.95. The molecule has 2 rings (SSSR count). The molecule has 1 aliphatic rings. The van der Waals surface area contributed by atoms with E-state index in [2.05, 4.69) is 49.2 Å². The van der Waals surface area contributed by atoms with Crippen LogP contribution in [-0.2, 0) is 6.42 Å². The molecule has 0 aliphatic carbocycles. The lowest BCUT2D eigenvalue weighted by atomic mass is 9.94. The van der Waals surface area contributed by atoms with E-state index in [1.54, 1.807) is 0 Å². The van der Waals surface area contributed by atoms with E-state index in [9.17, 15) is 0 Å². The fraction of sp³-hybridized carbons (Fsp3) is 0.462. The number of benzene rings is 1. The van der Waals surface area contributed by atoms with E-state index in [1.807, 2.05) is 0 Å². The molecule has 0 spiro atoms. The van der Waals surface area contributed by atoms with Crippen molar-refractivity contribution in [3.8, 4) is 0 Å². The number of rotatable bonds is 4. The summed E-state index contributed by atoms with van der Waals surface area (Å²) in [5, 5.41) is 0. The third kappa shape index (κ3) is 1.87. The van der Waals surface area contributed by atoms with Crippen LogP contribution in [-0.4, -0.2) is 11.3 Å². The molecule has 0 radical (unpaired) electrons. The van der Waals surface area contributed by atoms with Crippen LogP contribution < -0.4 is 0 Å². The molecule has 0 fully saturated rings. The molecular formula is C13H17N. The van der Waals surface area contributed by atoms with E-state index in [1.165, 1.54) is 24.1 Å². The molecule has 1 aliphatic heterocycles. The summed E-state index contributed by atoms with van der Waals surface area (Å²) in [6.07, 6.45) is 3.45. The zero-order valence-electron chi connectivity index (χ0n) is 8.96. The summed E-state index contributed by atoms with van der Waals surface area (Å²) < 4.78 is 0. The van der Waals surface area contributed by atoms with Crippen molar-refractivity contribution >= 4 is 5.71 Å². The van der Waals surface area contributed by atoms with E-state index in [-0.39, 0.29) is 5.54 Å². The van der Waals surface area contributed by atoms with Crippen molar-refractivity contribution in [1.82, 2.24) is 0 Å². The lowest BCUT2D eigenvalue weighted by molar-refractivity contribution is 0.717. The van der Waals surface area contributed by atoms with Gasteiger partial charge < -0.3 is 0 Å². The van der Waals surface area contributed by atoms with Crippen molar-refractivity contribution < 1.29 is 0 Å². The Hall–Kier alpha value is -1.11. The van der Waals surface area contributed by atoms with Crippen molar-refractivity contribution in [2.75, 3.05) is 0 Å². The summed E-state index contributed by atoms with van der Waals surface area (Å²) in [5.74, 6) is 0. The van der Waals surface area contributed by atoms with Gasteiger partial charge >= 0.3 is 0 Å². The first kappa shape index (κ1) is 9.45. The van der Waals surface area contributed by atoms with Crippen molar-refractivity contribution in [2.24, 2.45) is 4.99 Å². The molecule has 74 valence electrons. The minimum atomic E-state index is 0.164. The normalized spacial score (nSPS) is 24.6. The van der Waals surface area contributed by atoms with Gasteiger partial charge in [0.15, 0.2) is 0 Å². The Bertz CT molecular complexity index is 340. The van der Waals surface area contributed by atoms with Crippen molar-refractivity contribution in [3.63, 3.8) is 0 Å². The SMILES string of the molecule is CCCC1=NC1(C)Cc1ccccc1. The molecule has 1 unspecified atom stereocenters. The molecule has 0 N–H and O–H groups in total. The van der Waals surface area contributed by atoms with E-state index >= 15 is 0 Å². The van der Waals surface area contributed by atoms with Gasteiger partial charge in [-0.2, -0.15) is 0 Å². The van der Waals surface area contributed by atoms with Crippen LogP contribution in [0.5, 0.6) is 0 Å². The molecular weight excluding hydrogens is 170 g/mol. The Labute approximate surface area is 85.9 Å². The Morgan fingerprint density at radius 2 is 1.93 bits per heavy atom. The molecule has 1 nitrogen and oxygen atoms in total. The van der Waals surface area contributed by atoms with Crippen molar-refractivity contribution in [3.05, 3.63) is 35.9 Å². The van der Waals surface area contributed by atoms with Crippen LogP contribution in [0.1, 0.15) is 32.3 Å². The number of nitrogens with zero attached hydrogens (tertiary/aromatic N) is 1. The Kier molecular flexibility index (Phi) is 2.40. The summed E-state index contributed by atoms with van der Waals surface area (Å²) in [5.41, 5.74) is 2.96. The maximum Gasteiger partial charge on any atom is 0.0995 e. The molecule has 0 saturated carbocycles. The highest BCUT2D eigenvalue weighted by Gasteiger charge is 2.40. The van der Waals surface area contributed by atoms with E-state index in [0.717, 1.165) is 6.42 Å². The second-order valence-corrected chi connectivity index (χ2v) is 4.24. The highest BCUT2D eigenvalue weighted by Crippen LogP contribution is 2.33. The smallest absolute Gasteiger partial charge is 0.0995 e. The first-order valence-corrected chi connectivity index (χ1v) is 5.38. The minimum Gasteiger partial charge on any atom is -0.279 e. The largest absolute Gasteiger partial charge is 0.279 e. The molecule has 0 saturated heterocycles. The van der Waals surface area contributed by atoms with Crippen LogP contribution in [0.4, 0.5) is 0 Å². The zero-order valence-corrected chi connectivity index (χ0v) is 8.96. The van der Waals surface area contributed by atoms with Gasteiger partial charge in [-0.25, -0.2) is 0 Å². The van der Waals surface area contributed by atoms with Crippen LogP contribution in [0.2, 0.25) is 0 Å². The van der Waals surface area contributed by atoms with Gasteiger partial charge in [0.1, 0.15) is 0 Å². The predicted octanol–water partition coefficient (Wildman–Crippen LogP) is 3.24. The van der Waals surface area contributed by atoms with Crippen LogP contribution in [0.3, 0.4) is 0 Å². The zero-order chi connectivity index (χ0) is 10.0. The maximum absolute atomic E-state index is 4.59. The van der Waals surface area contributed by atoms with Crippen LogP contribution in [0, 0.1) is 0 Å². The summed E-state index contributed by atoms with van der Waals surface area (Å²) >= 11 is 0. The second kappa shape index (κ2) is 3.56. The van der Waals surface area contributed by atoms with Gasteiger partial charge in [-0.3, -0.25) is 4.99 Å². The van der Waals surface area contributed by atoms with E-state index in [4.69, 9.17) is 0 Å². The molecule has 1 aromatic rings.